The van der Waals surface area contributed by atoms with Gasteiger partial charge in [0.1, 0.15) is 12.4 Å². The molecule has 2 aliphatic heterocycles. The molecule has 2 amide bonds. The van der Waals surface area contributed by atoms with Gasteiger partial charge in [0.15, 0.2) is 0 Å². The van der Waals surface area contributed by atoms with Crippen LogP contribution in [0.1, 0.15) is 18.4 Å². The van der Waals surface area contributed by atoms with E-state index in [0.29, 0.717) is 4.91 Å². The average molecular weight is 394 g/mol. The van der Waals surface area contributed by atoms with Crippen LogP contribution in [-0.2, 0) is 4.79 Å². The van der Waals surface area contributed by atoms with Crippen molar-refractivity contribution in [1.82, 2.24) is 4.90 Å². The molecule has 6 heteroatoms. The fourth-order valence-corrected chi connectivity index (χ4v) is 4.24. The monoisotopic (exact) mass is 394 g/mol. The lowest BCUT2D eigenvalue weighted by Gasteiger charge is -2.17. The predicted molar refractivity (Wildman–Crippen MR) is 113 cm³/mol. The number of ether oxygens (including phenoxy) is 1. The number of nitrogens with zero attached hydrogens (tertiary/aromatic N) is 2. The Morgan fingerprint density at radius 2 is 1.68 bits per heavy atom. The summed E-state index contributed by atoms with van der Waals surface area (Å²) in [6.45, 7) is 2.72. The van der Waals surface area contributed by atoms with E-state index in [1.165, 1.54) is 23.4 Å². The molecule has 0 spiro atoms. The van der Waals surface area contributed by atoms with Crippen LogP contribution in [0.4, 0.5) is 10.5 Å². The van der Waals surface area contributed by atoms with Gasteiger partial charge in [-0.1, -0.05) is 30.3 Å². The first kappa shape index (κ1) is 18.6. The highest BCUT2D eigenvalue weighted by Gasteiger charge is 2.34. The number of hydrogen-bond acceptors (Lipinski definition) is 5. The van der Waals surface area contributed by atoms with Gasteiger partial charge in [0.25, 0.3) is 11.1 Å². The lowest BCUT2D eigenvalue weighted by molar-refractivity contribution is -0.123. The third kappa shape index (κ3) is 4.22. The number of amides is 2. The fourth-order valence-electron chi connectivity index (χ4n) is 3.37. The Morgan fingerprint density at radius 3 is 2.39 bits per heavy atom. The van der Waals surface area contributed by atoms with E-state index in [2.05, 4.69) is 17.0 Å². The second-order valence-corrected chi connectivity index (χ2v) is 7.77. The van der Waals surface area contributed by atoms with E-state index in [1.807, 2.05) is 42.5 Å². The number of benzene rings is 2. The number of thioether (sulfide) groups is 1. The van der Waals surface area contributed by atoms with Crippen molar-refractivity contribution in [3.8, 4) is 5.75 Å². The van der Waals surface area contributed by atoms with Crippen LogP contribution in [0.2, 0.25) is 0 Å². The summed E-state index contributed by atoms with van der Waals surface area (Å²) in [4.78, 5) is 28.9. The quantitative estimate of drug-likeness (QED) is 0.680. The summed E-state index contributed by atoms with van der Waals surface area (Å²) >= 11 is 0.985. The molecule has 2 aromatic carbocycles. The number of imide groups is 1. The van der Waals surface area contributed by atoms with Gasteiger partial charge in [-0.2, -0.15) is 0 Å². The molecular weight excluding hydrogens is 372 g/mol. The van der Waals surface area contributed by atoms with E-state index in [1.54, 1.807) is 6.08 Å². The Morgan fingerprint density at radius 1 is 0.964 bits per heavy atom. The Hall–Kier alpha value is -2.73. The van der Waals surface area contributed by atoms with Crippen molar-refractivity contribution in [3.63, 3.8) is 0 Å². The van der Waals surface area contributed by atoms with E-state index < -0.39 is 0 Å². The molecule has 0 aliphatic carbocycles. The molecule has 0 unspecified atom stereocenters. The van der Waals surface area contributed by atoms with Crippen LogP contribution < -0.4 is 9.64 Å². The maximum absolute atomic E-state index is 12.6. The van der Waals surface area contributed by atoms with Crippen molar-refractivity contribution in [2.24, 2.45) is 0 Å². The fraction of sp³-hybridized carbons (Fsp3) is 0.273. The molecule has 0 saturated carbocycles. The summed E-state index contributed by atoms with van der Waals surface area (Å²) in [5.41, 5.74) is 2.13. The lowest BCUT2D eigenvalue weighted by atomic mass is 10.2. The molecule has 4 rings (SSSR count). The van der Waals surface area contributed by atoms with Crippen LogP contribution in [0.5, 0.6) is 5.75 Å². The van der Waals surface area contributed by atoms with Crippen molar-refractivity contribution in [2.75, 3.05) is 31.1 Å². The molecule has 2 aromatic rings. The number of carbonyl (C=O) groups excluding carboxylic acids is 2. The summed E-state index contributed by atoms with van der Waals surface area (Å²) in [5, 5.41) is -0.249. The Balaban J connectivity index is 1.37. The van der Waals surface area contributed by atoms with Gasteiger partial charge in [0.2, 0.25) is 0 Å². The van der Waals surface area contributed by atoms with Gasteiger partial charge in [-0.25, -0.2) is 0 Å². The minimum absolute atomic E-state index is 0.241. The predicted octanol–water partition coefficient (Wildman–Crippen LogP) is 4.40. The zero-order chi connectivity index (χ0) is 19.3. The zero-order valence-corrected chi connectivity index (χ0v) is 16.4. The minimum Gasteiger partial charge on any atom is -0.492 e. The molecule has 0 bridgehead atoms. The standard InChI is InChI=1S/C22H22N2O3S/c25-21-20(16-17-8-10-18(11-9-17)23-12-4-5-13-23)28-22(26)24(21)14-15-27-19-6-2-1-3-7-19/h1-3,6-11,16H,4-5,12-15H2. The minimum atomic E-state index is -0.254. The van der Waals surface area contributed by atoms with Gasteiger partial charge >= 0.3 is 0 Å². The van der Waals surface area contributed by atoms with Crippen LogP contribution >= 0.6 is 11.8 Å². The first-order valence-corrected chi connectivity index (χ1v) is 10.3. The van der Waals surface area contributed by atoms with Gasteiger partial charge in [0, 0.05) is 18.8 Å². The first-order chi connectivity index (χ1) is 13.7. The van der Waals surface area contributed by atoms with Gasteiger partial charge in [0.05, 0.1) is 11.4 Å². The molecular formula is C22H22N2O3S. The zero-order valence-electron chi connectivity index (χ0n) is 15.5. The SMILES string of the molecule is O=C1SC(=Cc2ccc(N3CCCC3)cc2)C(=O)N1CCOc1ccccc1. The molecule has 0 radical (unpaired) electrons. The smallest absolute Gasteiger partial charge is 0.293 e. The van der Waals surface area contributed by atoms with Crippen molar-refractivity contribution >= 4 is 34.7 Å². The Kier molecular flexibility index (Phi) is 5.67. The highest BCUT2D eigenvalue weighted by atomic mass is 32.2. The van der Waals surface area contributed by atoms with Crippen molar-refractivity contribution in [3.05, 3.63) is 65.1 Å². The molecule has 5 nitrogen and oxygen atoms in total. The number of rotatable bonds is 6. The normalized spacial score (nSPS) is 18.4. The molecule has 0 atom stereocenters. The van der Waals surface area contributed by atoms with E-state index in [9.17, 15) is 9.59 Å². The lowest BCUT2D eigenvalue weighted by Crippen LogP contribution is -2.32. The Labute approximate surface area is 169 Å². The van der Waals surface area contributed by atoms with Crippen molar-refractivity contribution < 1.29 is 14.3 Å². The van der Waals surface area contributed by atoms with Crippen LogP contribution in [0.3, 0.4) is 0 Å². The Bertz CT molecular complexity index is 874. The van der Waals surface area contributed by atoms with Gasteiger partial charge in [-0.05, 0) is 60.5 Å². The molecule has 0 aromatic heterocycles. The van der Waals surface area contributed by atoms with Crippen LogP contribution in [0.25, 0.3) is 6.08 Å². The summed E-state index contributed by atoms with van der Waals surface area (Å²) in [6, 6.07) is 17.5. The summed E-state index contributed by atoms with van der Waals surface area (Å²) in [7, 11) is 0. The van der Waals surface area contributed by atoms with E-state index in [0.717, 1.165) is 36.2 Å². The van der Waals surface area contributed by atoms with Crippen LogP contribution in [0.15, 0.2) is 59.5 Å². The summed E-state index contributed by atoms with van der Waals surface area (Å²) in [6.07, 6.45) is 4.27. The molecule has 28 heavy (non-hydrogen) atoms. The van der Waals surface area contributed by atoms with Crippen molar-refractivity contribution in [1.29, 1.82) is 0 Å². The molecule has 2 saturated heterocycles. The molecule has 144 valence electrons. The highest BCUT2D eigenvalue weighted by Crippen LogP contribution is 2.32. The van der Waals surface area contributed by atoms with E-state index in [-0.39, 0.29) is 24.3 Å². The molecule has 0 N–H and O–H groups in total. The van der Waals surface area contributed by atoms with Crippen LogP contribution in [0, 0.1) is 0 Å². The largest absolute Gasteiger partial charge is 0.492 e. The number of hydrogen-bond donors (Lipinski definition) is 0. The molecule has 2 heterocycles. The first-order valence-electron chi connectivity index (χ1n) is 9.49. The number of carbonyl (C=O) groups is 2. The van der Waals surface area contributed by atoms with Gasteiger partial charge < -0.3 is 9.64 Å². The second kappa shape index (κ2) is 8.52. The average Bonchev–Trinajstić information content (AvgIpc) is 3.34. The maximum Gasteiger partial charge on any atom is 0.293 e. The van der Waals surface area contributed by atoms with Gasteiger partial charge in [-0.15, -0.1) is 0 Å². The van der Waals surface area contributed by atoms with E-state index in [4.69, 9.17) is 4.74 Å². The van der Waals surface area contributed by atoms with Crippen LogP contribution in [-0.4, -0.2) is 42.3 Å². The topological polar surface area (TPSA) is 49.9 Å². The van der Waals surface area contributed by atoms with Crippen molar-refractivity contribution in [2.45, 2.75) is 12.8 Å². The third-order valence-electron chi connectivity index (χ3n) is 4.86. The molecule has 2 aliphatic rings. The van der Waals surface area contributed by atoms with E-state index >= 15 is 0 Å². The highest BCUT2D eigenvalue weighted by molar-refractivity contribution is 8.18. The second-order valence-electron chi connectivity index (χ2n) is 6.78. The molecule has 2 fully saturated rings. The number of anilines is 1. The third-order valence-corrected chi connectivity index (χ3v) is 5.77. The maximum atomic E-state index is 12.6. The van der Waals surface area contributed by atoms with Gasteiger partial charge in [-0.3, -0.25) is 14.5 Å². The summed E-state index contributed by atoms with van der Waals surface area (Å²) in [5.74, 6) is 0.471. The number of para-hydroxylation sites is 1. The summed E-state index contributed by atoms with van der Waals surface area (Å²) < 4.78 is 5.60.